The Hall–Kier alpha value is -2.94. The summed E-state index contributed by atoms with van der Waals surface area (Å²) >= 11 is 0. The van der Waals surface area contributed by atoms with E-state index in [0.717, 1.165) is 0 Å². The maximum absolute atomic E-state index is 12.7. The van der Waals surface area contributed by atoms with Gasteiger partial charge in [-0.1, -0.05) is 26.8 Å². The molecule has 0 aliphatic heterocycles. The van der Waals surface area contributed by atoms with Gasteiger partial charge in [0.25, 0.3) is 0 Å². The molecule has 38 heavy (non-hydrogen) atoms. The van der Waals surface area contributed by atoms with E-state index in [9.17, 15) is 19.2 Å². The van der Waals surface area contributed by atoms with E-state index in [1.807, 2.05) is 20.8 Å². The molecular formula is C29H45NO8. The van der Waals surface area contributed by atoms with Crippen molar-refractivity contribution in [3.8, 4) is 11.5 Å². The van der Waals surface area contributed by atoms with Gasteiger partial charge in [-0.3, -0.25) is 19.2 Å². The minimum Gasteiger partial charge on any atom is -0.459 e. The van der Waals surface area contributed by atoms with Gasteiger partial charge in [-0.15, -0.1) is 0 Å². The smallest absolute Gasteiger partial charge is 0.323 e. The molecule has 9 heteroatoms. The second kappa shape index (κ2) is 12.7. The summed E-state index contributed by atoms with van der Waals surface area (Å²) in [5.74, 6) is -1.93. The Balaban J connectivity index is 2.98. The van der Waals surface area contributed by atoms with Gasteiger partial charge in [0.15, 0.2) is 11.5 Å². The minimum atomic E-state index is -1.04. The summed E-state index contributed by atoms with van der Waals surface area (Å²) in [6.07, 6.45) is -1.06. The van der Waals surface area contributed by atoms with Crippen LogP contribution >= 0.6 is 0 Å². The molecule has 9 nitrogen and oxygen atoms in total. The van der Waals surface area contributed by atoms with E-state index in [4.69, 9.17) is 24.7 Å². The van der Waals surface area contributed by atoms with Crippen molar-refractivity contribution in [3.63, 3.8) is 0 Å². The van der Waals surface area contributed by atoms with Crippen LogP contribution in [0.4, 0.5) is 0 Å². The number of carbonyl (C=O) groups excluding carboxylic acids is 4. The summed E-state index contributed by atoms with van der Waals surface area (Å²) in [6, 6.07) is 3.61. The summed E-state index contributed by atoms with van der Waals surface area (Å²) in [7, 11) is 0. The maximum Gasteiger partial charge on any atom is 0.323 e. The van der Waals surface area contributed by atoms with Gasteiger partial charge >= 0.3 is 23.9 Å². The minimum absolute atomic E-state index is 0.0494. The van der Waals surface area contributed by atoms with E-state index in [-0.39, 0.29) is 35.7 Å². The topological polar surface area (TPSA) is 131 Å². The standard InChI is InChI=1S/C29H45NO8/c1-17(35-23(31)16-27(3,4)5)18(2)36-24(32)20(30)14-19-12-13-21(37-25(33)28(6,7)8)22(15-19)38-26(34)29(9,10)11/h12-13,15,17-18,20H,14,16,30H2,1-11H3/t17?,18-,20-/m0/s1. The third kappa shape index (κ3) is 11.2. The van der Waals surface area contributed by atoms with Crippen LogP contribution in [-0.4, -0.2) is 42.1 Å². The molecule has 2 N–H and O–H groups in total. The maximum atomic E-state index is 12.7. The number of carbonyl (C=O) groups is 4. The molecule has 3 atom stereocenters. The van der Waals surface area contributed by atoms with Gasteiger partial charge in [-0.05, 0) is 84.9 Å². The third-order valence-electron chi connectivity index (χ3n) is 5.35. The van der Waals surface area contributed by atoms with Crippen LogP contribution in [0.1, 0.15) is 88.1 Å². The van der Waals surface area contributed by atoms with Gasteiger partial charge < -0.3 is 24.7 Å². The molecule has 0 saturated heterocycles. The van der Waals surface area contributed by atoms with Crippen molar-refractivity contribution in [1.82, 2.24) is 0 Å². The predicted octanol–water partition coefficient (Wildman–Crippen LogP) is 4.76. The molecule has 1 aromatic carbocycles. The first-order chi connectivity index (χ1) is 17.1. The quantitative estimate of drug-likeness (QED) is 0.351. The molecule has 0 aromatic heterocycles. The largest absolute Gasteiger partial charge is 0.459 e. The highest BCUT2D eigenvalue weighted by Crippen LogP contribution is 2.33. The van der Waals surface area contributed by atoms with Crippen LogP contribution in [0.2, 0.25) is 0 Å². The van der Waals surface area contributed by atoms with E-state index in [2.05, 4.69) is 0 Å². The van der Waals surface area contributed by atoms with Crippen LogP contribution in [0.3, 0.4) is 0 Å². The Bertz CT molecular complexity index is 1010. The van der Waals surface area contributed by atoms with Crippen LogP contribution in [0, 0.1) is 16.2 Å². The number of rotatable bonds is 9. The van der Waals surface area contributed by atoms with E-state index in [0.29, 0.717) is 5.56 Å². The fraction of sp³-hybridized carbons (Fsp3) is 0.655. The van der Waals surface area contributed by atoms with Crippen molar-refractivity contribution in [2.45, 2.75) is 107 Å². The first-order valence-electron chi connectivity index (χ1n) is 12.8. The van der Waals surface area contributed by atoms with Gasteiger partial charge in [-0.25, -0.2) is 0 Å². The zero-order valence-corrected chi connectivity index (χ0v) is 24.7. The molecule has 1 unspecified atom stereocenters. The lowest BCUT2D eigenvalue weighted by molar-refractivity contribution is -0.167. The Kier molecular flexibility index (Phi) is 11.1. The SMILES string of the molecule is CC(OC(=O)CC(C)(C)C)[C@H](C)OC(=O)[C@@H](N)Cc1ccc(OC(=O)C(C)(C)C)c(OC(=O)C(C)(C)C)c1. The Morgan fingerprint density at radius 1 is 0.763 bits per heavy atom. The van der Waals surface area contributed by atoms with Gasteiger partial charge in [0.1, 0.15) is 18.2 Å². The first kappa shape index (κ1) is 33.1. The fourth-order valence-corrected chi connectivity index (χ4v) is 2.83. The van der Waals surface area contributed by atoms with Gasteiger partial charge in [0.05, 0.1) is 17.3 Å². The number of hydrogen-bond donors (Lipinski definition) is 1. The second-order valence-electron chi connectivity index (χ2n) is 12.9. The van der Waals surface area contributed by atoms with Crippen molar-refractivity contribution in [2.75, 3.05) is 0 Å². The molecule has 1 rings (SSSR count). The Labute approximate surface area is 226 Å². The van der Waals surface area contributed by atoms with Gasteiger partial charge in [-0.2, -0.15) is 0 Å². The molecule has 0 aliphatic rings. The molecule has 0 bridgehead atoms. The Morgan fingerprint density at radius 3 is 1.71 bits per heavy atom. The summed E-state index contributed by atoms with van der Waals surface area (Å²) in [5, 5.41) is 0. The van der Waals surface area contributed by atoms with Crippen molar-refractivity contribution < 1.29 is 38.1 Å². The average Bonchev–Trinajstić information content (AvgIpc) is 2.72. The lowest BCUT2D eigenvalue weighted by Gasteiger charge is -2.24. The van der Waals surface area contributed by atoms with Crippen LogP contribution in [0.15, 0.2) is 18.2 Å². The van der Waals surface area contributed by atoms with E-state index >= 15 is 0 Å². The summed E-state index contributed by atoms with van der Waals surface area (Å²) in [4.78, 5) is 49.7. The van der Waals surface area contributed by atoms with E-state index in [1.54, 1.807) is 61.5 Å². The first-order valence-corrected chi connectivity index (χ1v) is 12.8. The summed E-state index contributed by atoms with van der Waals surface area (Å²) in [6.45, 7) is 19.3. The number of benzene rings is 1. The van der Waals surface area contributed by atoms with Crippen LogP contribution in [0.25, 0.3) is 0 Å². The zero-order chi connectivity index (χ0) is 29.6. The second-order valence-corrected chi connectivity index (χ2v) is 12.9. The number of hydrogen-bond acceptors (Lipinski definition) is 9. The van der Waals surface area contributed by atoms with Crippen molar-refractivity contribution >= 4 is 23.9 Å². The number of nitrogens with two attached hydrogens (primary N) is 1. The average molecular weight is 536 g/mol. The lowest BCUT2D eigenvalue weighted by atomic mass is 9.92. The van der Waals surface area contributed by atoms with Crippen molar-refractivity contribution in [1.29, 1.82) is 0 Å². The highest BCUT2D eigenvalue weighted by Gasteiger charge is 2.29. The molecule has 0 spiro atoms. The summed E-state index contributed by atoms with van der Waals surface area (Å²) in [5.41, 5.74) is 4.88. The molecular weight excluding hydrogens is 490 g/mol. The molecule has 0 heterocycles. The fourth-order valence-electron chi connectivity index (χ4n) is 2.83. The highest BCUT2D eigenvalue weighted by molar-refractivity contribution is 5.81. The molecule has 0 amide bonds. The van der Waals surface area contributed by atoms with E-state index in [1.165, 1.54) is 12.1 Å². The van der Waals surface area contributed by atoms with Crippen LogP contribution in [0.5, 0.6) is 11.5 Å². The van der Waals surface area contributed by atoms with Crippen molar-refractivity contribution in [2.24, 2.45) is 22.0 Å². The summed E-state index contributed by atoms with van der Waals surface area (Å²) < 4.78 is 21.9. The third-order valence-corrected chi connectivity index (χ3v) is 5.35. The van der Waals surface area contributed by atoms with Crippen LogP contribution < -0.4 is 15.2 Å². The number of esters is 4. The number of ether oxygens (including phenoxy) is 4. The molecule has 1 aromatic rings. The molecule has 0 aliphatic carbocycles. The normalized spacial score (nSPS) is 14.6. The predicted molar refractivity (Wildman–Crippen MR) is 143 cm³/mol. The molecule has 214 valence electrons. The van der Waals surface area contributed by atoms with Gasteiger partial charge in [0.2, 0.25) is 0 Å². The monoisotopic (exact) mass is 535 g/mol. The molecule has 0 radical (unpaired) electrons. The van der Waals surface area contributed by atoms with Crippen molar-refractivity contribution in [3.05, 3.63) is 23.8 Å². The highest BCUT2D eigenvalue weighted by atomic mass is 16.6. The molecule has 0 fully saturated rings. The molecule has 0 saturated carbocycles. The lowest BCUT2D eigenvalue weighted by Crippen LogP contribution is -2.39. The van der Waals surface area contributed by atoms with Crippen LogP contribution in [-0.2, 0) is 35.1 Å². The van der Waals surface area contributed by atoms with E-state index < -0.39 is 47.0 Å². The zero-order valence-electron chi connectivity index (χ0n) is 24.7. The van der Waals surface area contributed by atoms with Gasteiger partial charge in [0, 0.05) is 0 Å². The Morgan fingerprint density at radius 2 is 1.24 bits per heavy atom.